The van der Waals surface area contributed by atoms with Crippen molar-refractivity contribution in [2.45, 2.75) is 271 Å². The Hall–Kier alpha value is -2.04. The number of rotatable bonds is 45. The number of carbonyl (C=O) groups excluding carboxylic acids is 2. The highest BCUT2D eigenvalue weighted by Crippen LogP contribution is 2.22. The molecule has 0 saturated heterocycles. The maximum atomic E-state index is 13.3. The van der Waals surface area contributed by atoms with Crippen molar-refractivity contribution in [1.29, 1.82) is 0 Å². The summed E-state index contributed by atoms with van der Waals surface area (Å²) >= 11 is 0. The summed E-state index contributed by atoms with van der Waals surface area (Å²) in [6.45, 7) is 8.73. The average Bonchev–Trinajstić information content (AvgIpc) is 3.23. The van der Waals surface area contributed by atoms with E-state index in [4.69, 9.17) is 4.74 Å². The van der Waals surface area contributed by atoms with Crippen molar-refractivity contribution in [2.75, 3.05) is 19.7 Å². The number of benzene rings is 1. The Bertz CT molecular complexity index is 1040. The number of carbonyl (C=O) groups is 2. The summed E-state index contributed by atoms with van der Waals surface area (Å²) in [4.78, 5) is 26.3. The minimum Gasteiger partial charge on any atom is -0.493 e. The molecular weight excluding hydrogens is 713 g/mol. The molecule has 0 aromatic heterocycles. The standard InChI is InChI=1S/C53H98N2O3/c1-4-7-10-13-15-17-19-21-23-25-27-29-31-33-35-37-40-45-54-52(56)49-43-44-50(51(48-49)58-47-42-39-12-9-6-3)53(57)55-46-41-38-36-34-32-30-28-26-24-22-20-18-16-14-11-8-5-2/h43-44,48H,4-42,45-47H2,1-3H3,(H,54,56)(H,55,57). The maximum absolute atomic E-state index is 13.3. The third-order valence-electron chi connectivity index (χ3n) is 12.1. The van der Waals surface area contributed by atoms with E-state index in [1.165, 1.54) is 212 Å². The number of unbranched alkanes of at least 4 members (excludes halogenated alkanes) is 36. The molecule has 1 rings (SSSR count). The van der Waals surface area contributed by atoms with Gasteiger partial charge in [0.05, 0.1) is 12.2 Å². The molecule has 0 radical (unpaired) electrons. The van der Waals surface area contributed by atoms with Crippen LogP contribution in [-0.4, -0.2) is 31.5 Å². The molecule has 0 aliphatic heterocycles. The Morgan fingerprint density at radius 1 is 0.379 bits per heavy atom. The lowest BCUT2D eigenvalue weighted by Crippen LogP contribution is -2.26. The van der Waals surface area contributed by atoms with Gasteiger partial charge in [0.15, 0.2) is 0 Å². The SMILES string of the molecule is CCCCCCCCCCCCCCCCCCCNC(=O)c1ccc(C(=O)NCCCCCCCCCCCCCCCCCCC)c(OCCCCCCC)c1. The fourth-order valence-electron chi connectivity index (χ4n) is 8.16. The van der Waals surface area contributed by atoms with Crippen molar-refractivity contribution in [2.24, 2.45) is 0 Å². The zero-order valence-corrected chi connectivity index (χ0v) is 39.2. The van der Waals surface area contributed by atoms with Crippen molar-refractivity contribution in [3.63, 3.8) is 0 Å². The Labute approximate surface area is 361 Å². The smallest absolute Gasteiger partial charge is 0.255 e. The fourth-order valence-corrected chi connectivity index (χ4v) is 8.16. The van der Waals surface area contributed by atoms with E-state index in [2.05, 4.69) is 31.4 Å². The van der Waals surface area contributed by atoms with Crippen LogP contribution in [0, 0.1) is 0 Å². The second kappa shape index (κ2) is 43.1. The van der Waals surface area contributed by atoms with E-state index in [9.17, 15) is 9.59 Å². The molecule has 0 heterocycles. The van der Waals surface area contributed by atoms with Crippen LogP contribution in [-0.2, 0) is 0 Å². The van der Waals surface area contributed by atoms with Crippen LogP contribution >= 0.6 is 0 Å². The minimum absolute atomic E-state index is 0.0836. The molecule has 0 unspecified atom stereocenters. The van der Waals surface area contributed by atoms with Gasteiger partial charge in [-0.2, -0.15) is 0 Å². The topological polar surface area (TPSA) is 67.4 Å². The second-order valence-electron chi connectivity index (χ2n) is 17.8. The normalized spacial score (nSPS) is 11.3. The summed E-state index contributed by atoms with van der Waals surface area (Å²) in [5.74, 6) is 0.341. The monoisotopic (exact) mass is 811 g/mol. The summed E-state index contributed by atoms with van der Waals surface area (Å²) in [7, 11) is 0. The van der Waals surface area contributed by atoms with Gasteiger partial charge in [-0.1, -0.05) is 252 Å². The highest BCUT2D eigenvalue weighted by atomic mass is 16.5. The average molecular weight is 811 g/mol. The largest absolute Gasteiger partial charge is 0.493 e. The Kier molecular flexibility index (Phi) is 40.1. The van der Waals surface area contributed by atoms with Crippen molar-refractivity contribution in [1.82, 2.24) is 10.6 Å². The van der Waals surface area contributed by atoms with Gasteiger partial charge in [-0.15, -0.1) is 0 Å². The summed E-state index contributed by atoms with van der Waals surface area (Å²) in [5.41, 5.74) is 1.10. The van der Waals surface area contributed by atoms with Gasteiger partial charge in [0.25, 0.3) is 11.8 Å². The second-order valence-corrected chi connectivity index (χ2v) is 17.8. The predicted molar refractivity (Wildman–Crippen MR) is 254 cm³/mol. The van der Waals surface area contributed by atoms with Crippen LogP contribution in [0.2, 0.25) is 0 Å². The third kappa shape index (κ3) is 33.8. The molecule has 0 saturated carbocycles. The predicted octanol–water partition coefficient (Wildman–Crippen LogP) is 16.8. The van der Waals surface area contributed by atoms with Crippen LogP contribution in [0.1, 0.15) is 292 Å². The van der Waals surface area contributed by atoms with Crippen LogP contribution in [0.4, 0.5) is 0 Å². The molecule has 0 atom stereocenters. The lowest BCUT2D eigenvalue weighted by atomic mass is 10.0. The molecule has 2 amide bonds. The van der Waals surface area contributed by atoms with E-state index in [0.717, 1.165) is 38.5 Å². The molecule has 1 aromatic carbocycles. The molecule has 1 aromatic rings. The summed E-state index contributed by atoms with van der Waals surface area (Å²) in [6.07, 6.45) is 51.6. The van der Waals surface area contributed by atoms with Gasteiger partial charge in [-0.05, 0) is 37.5 Å². The first-order chi connectivity index (χ1) is 28.6. The van der Waals surface area contributed by atoms with Gasteiger partial charge in [0.2, 0.25) is 0 Å². The zero-order valence-electron chi connectivity index (χ0n) is 39.2. The van der Waals surface area contributed by atoms with Crippen LogP contribution < -0.4 is 15.4 Å². The number of hydrogen-bond acceptors (Lipinski definition) is 3. The first-order valence-electron chi connectivity index (χ1n) is 26.0. The first kappa shape index (κ1) is 54.0. The van der Waals surface area contributed by atoms with Gasteiger partial charge in [0, 0.05) is 18.7 Å². The molecule has 0 bridgehead atoms. The van der Waals surface area contributed by atoms with Crippen molar-refractivity contribution in [3.8, 4) is 5.75 Å². The van der Waals surface area contributed by atoms with Gasteiger partial charge in [-0.3, -0.25) is 9.59 Å². The molecule has 0 spiro atoms. The Morgan fingerprint density at radius 2 is 0.672 bits per heavy atom. The zero-order chi connectivity index (χ0) is 41.8. The van der Waals surface area contributed by atoms with Crippen molar-refractivity contribution >= 4 is 11.8 Å². The van der Waals surface area contributed by atoms with Gasteiger partial charge in [0.1, 0.15) is 5.75 Å². The quantitative estimate of drug-likeness (QED) is 0.0645. The molecule has 0 fully saturated rings. The van der Waals surface area contributed by atoms with E-state index in [-0.39, 0.29) is 11.8 Å². The van der Waals surface area contributed by atoms with Gasteiger partial charge < -0.3 is 15.4 Å². The molecule has 0 aliphatic rings. The van der Waals surface area contributed by atoms with Crippen LogP contribution in [0.25, 0.3) is 0 Å². The highest BCUT2D eigenvalue weighted by Gasteiger charge is 2.16. The highest BCUT2D eigenvalue weighted by molar-refractivity contribution is 6.00. The van der Waals surface area contributed by atoms with Crippen molar-refractivity contribution in [3.05, 3.63) is 29.3 Å². The Balaban J connectivity index is 2.24. The minimum atomic E-state index is -0.104. The molecular formula is C53H98N2O3. The summed E-state index contributed by atoms with van der Waals surface area (Å²) < 4.78 is 6.17. The molecule has 338 valence electrons. The fraction of sp³-hybridized carbons (Fsp3) is 0.849. The molecule has 0 aliphatic carbocycles. The lowest BCUT2D eigenvalue weighted by molar-refractivity contribution is 0.0937. The summed E-state index contributed by atoms with van der Waals surface area (Å²) in [6, 6.07) is 5.34. The maximum Gasteiger partial charge on any atom is 0.255 e. The van der Waals surface area contributed by atoms with Crippen LogP contribution in [0.5, 0.6) is 5.75 Å². The molecule has 2 N–H and O–H groups in total. The number of hydrogen-bond donors (Lipinski definition) is 2. The summed E-state index contributed by atoms with van der Waals surface area (Å²) in [5, 5.41) is 6.24. The number of amides is 2. The lowest BCUT2D eigenvalue weighted by Gasteiger charge is -2.14. The third-order valence-corrected chi connectivity index (χ3v) is 12.1. The molecule has 58 heavy (non-hydrogen) atoms. The van der Waals surface area contributed by atoms with Crippen LogP contribution in [0.3, 0.4) is 0 Å². The van der Waals surface area contributed by atoms with E-state index < -0.39 is 0 Å². The first-order valence-corrected chi connectivity index (χ1v) is 26.0. The van der Waals surface area contributed by atoms with E-state index in [1.54, 1.807) is 18.2 Å². The molecule has 5 nitrogen and oxygen atoms in total. The Morgan fingerprint density at radius 3 is 1.02 bits per heavy atom. The number of nitrogens with one attached hydrogen (secondary N) is 2. The van der Waals surface area contributed by atoms with Crippen LogP contribution in [0.15, 0.2) is 18.2 Å². The van der Waals surface area contributed by atoms with Gasteiger partial charge in [-0.25, -0.2) is 0 Å². The van der Waals surface area contributed by atoms with E-state index in [1.807, 2.05) is 0 Å². The van der Waals surface area contributed by atoms with Crippen molar-refractivity contribution < 1.29 is 14.3 Å². The van der Waals surface area contributed by atoms with E-state index in [0.29, 0.717) is 36.6 Å². The molecule has 5 heteroatoms. The van der Waals surface area contributed by atoms with E-state index >= 15 is 0 Å². The van der Waals surface area contributed by atoms with Gasteiger partial charge >= 0.3 is 0 Å². The number of ether oxygens (including phenoxy) is 1.